The van der Waals surface area contributed by atoms with E-state index in [0.29, 0.717) is 16.9 Å². The average molecular weight is 273 g/mol. The Hall–Kier alpha value is -0.470. The van der Waals surface area contributed by atoms with Crippen LogP contribution in [0.25, 0.3) is 0 Å². The molecule has 94 valence electrons. The Labute approximate surface area is 113 Å². The van der Waals surface area contributed by atoms with Crippen molar-refractivity contribution in [3.05, 3.63) is 22.8 Å². The summed E-state index contributed by atoms with van der Waals surface area (Å²) in [4.78, 5) is 6.81. The number of halogens is 2. The largest absolute Gasteiger partial charge is 0.354 e. The van der Waals surface area contributed by atoms with Gasteiger partial charge in [0.1, 0.15) is 5.82 Å². The van der Waals surface area contributed by atoms with Gasteiger partial charge in [-0.05, 0) is 31.4 Å². The summed E-state index contributed by atoms with van der Waals surface area (Å²) in [6.45, 7) is 3.35. The Bertz CT molecular complexity index is 382. The number of pyridine rings is 1. The van der Waals surface area contributed by atoms with Gasteiger partial charge in [0.2, 0.25) is 0 Å². The highest BCUT2D eigenvalue weighted by molar-refractivity contribution is 6.32. The molecule has 0 bridgehead atoms. The van der Waals surface area contributed by atoms with Gasteiger partial charge in [-0.2, -0.15) is 0 Å². The highest BCUT2D eigenvalue weighted by Crippen LogP contribution is 2.26. The molecule has 17 heavy (non-hydrogen) atoms. The summed E-state index contributed by atoms with van der Waals surface area (Å²) in [6, 6.07) is 2.58. The minimum atomic E-state index is 0.441. The van der Waals surface area contributed by atoms with E-state index in [-0.39, 0.29) is 0 Å². The first-order chi connectivity index (χ1) is 8.22. The second-order valence-electron chi connectivity index (χ2n) is 4.66. The van der Waals surface area contributed by atoms with Gasteiger partial charge in [-0.1, -0.05) is 24.4 Å². The summed E-state index contributed by atoms with van der Waals surface area (Å²) < 4.78 is 0. The molecule has 2 nitrogen and oxygen atoms in total. The number of rotatable bonds is 2. The Morgan fingerprint density at radius 2 is 2.24 bits per heavy atom. The summed E-state index contributed by atoms with van der Waals surface area (Å²) >= 11 is 11.9. The lowest BCUT2D eigenvalue weighted by Crippen LogP contribution is -2.33. The quantitative estimate of drug-likeness (QED) is 0.749. The van der Waals surface area contributed by atoms with Crippen molar-refractivity contribution in [2.24, 2.45) is 0 Å². The Balaban J connectivity index is 2.25. The topological polar surface area (TPSA) is 16.1 Å². The van der Waals surface area contributed by atoms with Crippen LogP contribution in [0.15, 0.2) is 12.3 Å². The molecule has 0 radical (unpaired) electrons. The standard InChI is InChI=1S/C13H18Cl2N2/c1-10-5-3-2-4-6-17(10)13-7-11(8-14)12(15)9-16-13/h7,9-10H,2-6,8H2,1H3. The van der Waals surface area contributed by atoms with Crippen LogP contribution >= 0.6 is 23.2 Å². The lowest BCUT2D eigenvalue weighted by molar-refractivity contribution is 0.611. The molecule has 2 heterocycles. The molecule has 0 N–H and O–H groups in total. The molecular formula is C13H18Cl2N2. The molecule has 0 aromatic carbocycles. The molecule has 2 rings (SSSR count). The predicted molar refractivity (Wildman–Crippen MR) is 74.1 cm³/mol. The third-order valence-electron chi connectivity index (χ3n) is 3.41. The Kier molecular flexibility index (Phi) is 4.52. The van der Waals surface area contributed by atoms with Crippen LogP contribution in [0.5, 0.6) is 0 Å². The van der Waals surface area contributed by atoms with Crippen LogP contribution in [0, 0.1) is 0 Å². The Morgan fingerprint density at radius 3 is 3.00 bits per heavy atom. The lowest BCUT2D eigenvalue weighted by Gasteiger charge is -2.28. The SMILES string of the molecule is CC1CCCCCN1c1cc(CCl)c(Cl)cn1. The number of aromatic nitrogens is 1. The number of anilines is 1. The third-order valence-corrected chi connectivity index (χ3v) is 4.04. The molecule has 1 aliphatic rings. The van der Waals surface area contributed by atoms with Gasteiger partial charge in [-0.25, -0.2) is 4.98 Å². The molecular weight excluding hydrogens is 255 g/mol. The normalized spacial score (nSPS) is 21.4. The molecule has 0 saturated carbocycles. The second kappa shape index (κ2) is 5.92. The van der Waals surface area contributed by atoms with E-state index in [1.807, 2.05) is 6.07 Å². The second-order valence-corrected chi connectivity index (χ2v) is 5.33. The number of alkyl halides is 1. The van der Waals surface area contributed by atoms with Crippen LogP contribution in [0.1, 0.15) is 38.2 Å². The van der Waals surface area contributed by atoms with E-state index in [4.69, 9.17) is 23.2 Å². The van der Waals surface area contributed by atoms with Crippen molar-refractivity contribution >= 4 is 29.0 Å². The van der Waals surface area contributed by atoms with E-state index in [1.165, 1.54) is 25.7 Å². The highest BCUT2D eigenvalue weighted by Gasteiger charge is 2.18. The van der Waals surface area contributed by atoms with Crippen molar-refractivity contribution in [1.82, 2.24) is 4.98 Å². The van der Waals surface area contributed by atoms with Gasteiger partial charge in [0, 0.05) is 24.7 Å². The van der Waals surface area contributed by atoms with Gasteiger partial charge < -0.3 is 4.90 Å². The van der Waals surface area contributed by atoms with Crippen molar-refractivity contribution < 1.29 is 0 Å². The van der Waals surface area contributed by atoms with Gasteiger partial charge in [0.25, 0.3) is 0 Å². The highest BCUT2D eigenvalue weighted by atomic mass is 35.5. The van der Waals surface area contributed by atoms with Crippen LogP contribution in [0.3, 0.4) is 0 Å². The van der Waals surface area contributed by atoms with Gasteiger partial charge in [-0.15, -0.1) is 11.6 Å². The minimum Gasteiger partial charge on any atom is -0.354 e. The fourth-order valence-corrected chi connectivity index (χ4v) is 2.80. The minimum absolute atomic E-state index is 0.441. The maximum Gasteiger partial charge on any atom is 0.129 e. The number of hydrogen-bond acceptors (Lipinski definition) is 2. The zero-order valence-corrected chi connectivity index (χ0v) is 11.6. The molecule has 1 saturated heterocycles. The fraction of sp³-hybridized carbons (Fsp3) is 0.615. The van der Waals surface area contributed by atoms with Crippen molar-refractivity contribution in [1.29, 1.82) is 0 Å². The average Bonchev–Trinajstić information content (AvgIpc) is 2.55. The van der Waals surface area contributed by atoms with Gasteiger partial charge >= 0.3 is 0 Å². The molecule has 4 heteroatoms. The number of nitrogens with zero attached hydrogens (tertiary/aromatic N) is 2. The van der Waals surface area contributed by atoms with Crippen LogP contribution in [0.2, 0.25) is 5.02 Å². The van der Waals surface area contributed by atoms with Crippen molar-refractivity contribution in [2.45, 2.75) is 44.5 Å². The van der Waals surface area contributed by atoms with Crippen LogP contribution < -0.4 is 4.90 Å². The summed E-state index contributed by atoms with van der Waals surface area (Å²) in [5, 5.41) is 0.659. The van der Waals surface area contributed by atoms with E-state index in [2.05, 4.69) is 16.8 Å². The van der Waals surface area contributed by atoms with Gasteiger partial charge in [0.15, 0.2) is 0 Å². The van der Waals surface area contributed by atoms with E-state index in [0.717, 1.165) is 17.9 Å². The molecule has 1 atom stereocenters. The zero-order valence-electron chi connectivity index (χ0n) is 10.1. The van der Waals surface area contributed by atoms with E-state index in [9.17, 15) is 0 Å². The zero-order chi connectivity index (χ0) is 12.3. The molecule has 1 aromatic heterocycles. The first-order valence-electron chi connectivity index (χ1n) is 6.19. The summed E-state index contributed by atoms with van der Waals surface area (Å²) in [7, 11) is 0. The van der Waals surface area contributed by atoms with Gasteiger partial charge in [-0.3, -0.25) is 0 Å². The molecule has 0 aliphatic carbocycles. The monoisotopic (exact) mass is 272 g/mol. The van der Waals surface area contributed by atoms with E-state index >= 15 is 0 Å². The third kappa shape index (κ3) is 3.05. The summed E-state index contributed by atoms with van der Waals surface area (Å²) in [5.41, 5.74) is 0.967. The van der Waals surface area contributed by atoms with Crippen LogP contribution in [-0.4, -0.2) is 17.6 Å². The maximum absolute atomic E-state index is 6.04. The molecule has 1 aliphatic heterocycles. The predicted octanol–water partition coefficient (Wildman–Crippen LogP) is 4.24. The maximum atomic E-state index is 6.04. The van der Waals surface area contributed by atoms with Gasteiger partial charge in [0.05, 0.1) is 5.02 Å². The van der Waals surface area contributed by atoms with Crippen molar-refractivity contribution in [3.63, 3.8) is 0 Å². The Morgan fingerprint density at radius 1 is 1.41 bits per heavy atom. The molecule has 1 fully saturated rings. The molecule has 1 unspecified atom stereocenters. The van der Waals surface area contributed by atoms with E-state index < -0.39 is 0 Å². The first kappa shape index (κ1) is 13.0. The lowest BCUT2D eigenvalue weighted by atomic mass is 10.1. The fourth-order valence-electron chi connectivity index (χ4n) is 2.34. The first-order valence-corrected chi connectivity index (χ1v) is 7.10. The number of hydrogen-bond donors (Lipinski definition) is 0. The molecule has 0 amide bonds. The molecule has 0 spiro atoms. The van der Waals surface area contributed by atoms with Crippen LogP contribution in [0.4, 0.5) is 5.82 Å². The van der Waals surface area contributed by atoms with E-state index in [1.54, 1.807) is 6.20 Å². The van der Waals surface area contributed by atoms with Crippen molar-refractivity contribution in [3.8, 4) is 0 Å². The molecule has 1 aromatic rings. The van der Waals surface area contributed by atoms with Crippen LogP contribution in [-0.2, 0) is 5.88 Å². The smallest absolute Gasteiger partial charge is 0.129 e. The van der Waals surface area contributed by atoms with Crippen molar-refractivity contribution in [2.75, 3.05) is 11.4 Å². The summed E-state index contributed by atoms with van der Waals surface area (Å²) in [5.74, 6) is 1.45. The summed E-state index contributed by atoms with van der Waals surface area (Å²) in [6.07, 6.45) is 6.82.